The molecule has 1 aromatic rings. The first-order chi connectivity index (χ1) is 22.9. The lowest BCUT2D eigenvalue weighted by Gasteiger charge is -2.24. The molecule has 0 saturated carbocycles. The first-order valence-corrected chi connectivity index (χ1v) is 16.2. The molecule has 1 fully saturated rings. The molecule has 0 aliphatic carbocycles. The van der Waals surface area contributed by atoms with Gasteiger partial charge in [-0.3, -0.25) is 48.1 Å². The predicted molar refractivity (Wildman–Crippen MR) is 166 cm³/mol. The first kappa shape index (κ1) is 40.1. The molecule has 0 unspecified atom stereocenters. The predicted octanol–water partition coefficient (Wildman–Crippen LogP) is -4.68. The van der Waals surface area contributed by atoms with Crippen molar-refractivity contribution in [2.75, 3.05) is 26.2 Å². The molecule has 0 aromatic heterocycles. The summed E-state index contributed by atoms with van der Waals surface area (Å²) in [6.07, 6.45) is -0.142. The summed E-state index contributed by atoms with van der Waals surface area (Å²) in [5.41, 5.74) is 11.0. The van der Waals surface area contributed by atoms with E-state index in [1.165, 1.54) is 36.1 Å². The highest BCUT2D eigenvalue weighted by Crippen LogP contribution is 2.37. The third-order valence-corrected chi connectivity index (χ3v) is 7.37. The SMILES string of the molecule is C[C@H](NC(=O)CNC(=O)[C@H](Cc1ccc(OP(=O)(O)O)cc1)NC(=O)[C@H](CC(N)=O)NC(=O)CNC(=O)[C@@H]1CCCN1C(=O)CN)C(=O)O. The Kier molecular flexibility index (Phi) is 15.1. The van der Waals surface area contributed by atoms with Crippen LogP contribution in [0.3, 0.4) is 0 Å². The number of nitrogens with one attached hydrogen (secondary N) is 5. The molecule has 0 radical (unpaired) electrons. The van der Waals surface area contributed by atoms with Gasteiger partial charge >= 0.3 is 13.8 Å². The summed E-state index contributed by atoms with van der Waals surface area (Å²) in [6, 6.07) is -0.279. The Hall–Kier alpha value is -5.11. The minimum Gasteiger partial charge on any atom is -0.480 e. The van der Waals surface area contributed by atoms with Gasteiger partial charge in [0.15, 0.2) is 0 Å². The number of primary amides is 1. The third-order valence-electron chi connectivity index (χ3n) is 6.92. The van der Waals surface area contributed by atoms with Crippen LogP contribution in [0.1, 0.15) is 31.7 Å². The Bertz CT molecular complexity index is 1470. The van der Waals surface area contributed by atoms with Crippen molar-refractivity contribution >= 4 is 55.1 Å². The molecule has 1 aliphatic heterocycles. The number of hydrogen-bond donors (Lipinski definition) is 10. The Morgan fingerprint density at radius 1 is 0.939 bits per heavy atom. The van der Waals surface area contributed by atoms with Crippen molar-refractivity contribution in [1.82, 2.24) is 31.5 Å². The monoisotopic (exact) mass is 714 g/mol. The van der Waals surface area contributed by atoms with E-state index in [-0.39, 0.29) is 18.7 Å². The molecular formula is C27H39N8O13P. The van der Waals surface area contributed by atoms with Gasteiger partial charge in [-0.1, -0.05) is 12.1 Å². The summed E-state index contributed by atoms with van der Waals surface area (Å²) < 4.78 is 15.6. The minimum atomic E-state index is -4.87. The number of likely N-dealkylation sites (tertiary alicyclic amines) is 1. The molecule has 1 aromatic carbocycles. The number of amides is 7. The number of rotatable bonds is 18. The van der Waals surface area contributed by atoms with Gasteiger partial charge < -0.3 is 52.6 Å². The van der Waals surface area contributed by atoms with Crippen LogP contribution in [0.4, 0.5) is 0 Å². The highest BCUT2D eigenvalue weighted by molar-refractivity contribution is 7.46. The van der Waals surface area contributed by atoms with E-state index in [1.54, 1.807) is 0 Å². The van der Waals surface area contributed by atoms with Gasteiger partial charge in [-0.05, 0) is 37.5 Å². The number of phosphoric acid groups is 1. The fraction of sp³-hybridized carbons (Fsp3) is 0.481. The molecule has 4 atom stereocenters. The second-order valence-corrected chi connectivity index (χ2v) is 12.0. The summed E-state index contributed by atoms with van der Waals surface area (Å²) in [5.74, 6) is -7.46. The quantitative estimate of drug-likeness (QED) is 0.0639. The van der Waals surface area contributed by atoms with Crippen molar-refractivity contribution in [3.63, 3.8) is 0 Å². The van der Waals surface area contributed by atoms with E-state index in [2.05, 4.69) is 31.1 Å². The maximum absolute atomic E-state index is 13.3. The van der Waals surface area contributed by atoms with Gasteiger partial charge in [-0.15, -0.1) is 0 Å². The van der Waals surface area contributed by atoms with Crippen LogP contribution in [0.5, 0.6) is 5.75 Å². The molecule has 49 heavy (non-hydrogen) atoms. The molecule has 2 rings (SSSR count). The molecule has 1 aliphatic rings. The van der Waals surface area contributed by atoms with Crippen molar-refractivity contribution in [3.05, 3.63) is 29.8 Å². The van der Waals surface area contributed by atoms with Crippen molar-refractivity contribution in [2.45, 2.75) is 56.8 Å². The maximum atomic E-state index is 13.3. The fourth-order valence-corrected chi connectivity index (χ4v) is 4.98. The highest BCUT2D eigenvalue weighted by atomic mass is 31.2. The average Bonchev–Trinajstić information content (AvgIpc) is 3.51. The first-order valence-electron chi connectivity index (χ1n) is 14.7. The number of nitrogens with zero attached hydrogens (tertiary/aromatic N) is 1. The van der Waals surface area contributed by atoms with E-state index in [4.69, 9.17) is 26.4 Å². The zero-order chi connectivity index (χ0) is 36.9. The molecular weight excluding hydrogens is 675 g/mol. The van der Waals surface area contributed by atoms with Gasteiger partial charge in [0.25, 0.3) is 0 Å². The van der Waals surface area contributed by atoms with Crippen LogP contribution >= 0.6 is 7.82 Å². The number of phosphoric ester groups is 1. The smallest absolute Gasteiger partial charge is 0.480 e. The lowest BCUT2D eigenvalue weighted by Crippen LogP contribution is -2.57. The van der Waals surface area contributed by atoms with Gasteiger partial charge in [0.1, 0.15) is 29.9 Å². The normalized spacial score (nSPS) is 15.9. The van der Waals surface area contributed by atoms with Gasteiger partial charge in [-0.25, -0.2) is 4.57 Å². The molecule has 21 nitrogen and oxygen atoms in total. The fourth-order valence-electron chi connectivity index (χ4n) is 4.58. The van der Waals surface area contributed by atoms with Gasteiger partial charge in [0.2, 0.25) is 41.4 Å². The molecule has 7 amide bonds. The highest BCUT2D eigenvalue weighted by Gasteiger charge is 2.34. The Morgan fingerprint density at radius 3 is 2.12 bits per heavy atom. The van der Waals surface area contributed by atoms with Gasteiger partial charge in [0.05, 0.1) is 26.1 Å². The number of carbonyl (C=O) groups excluding carboxylic acids is 7. The summed E-state index contributed by atoms with van der Waals surface area (Å²) in [4.78, 5) is 118. The Morgan fingerprint density at radius 2 is 1.55 bits per heavy atom. The maximum Gasteiger partial charge on any atom is 0.524 e. The van der Waals surface area contributed by atoms with E-state index in [0.29, 0.717) is 24.9 Å². The van der Waals surface area contributed by atoms with E-state index in [9.17, 15) is 42.9 Å². The number of benzene rings is 1. The van der Waals surface area contributed by atoms with Gasteiger partial charge in [-0.2, -0.15) is 0 Å². The van der Waals surface area contributed by atoms with Crippen LogP contribution < -0.4 is 42.6 Å². The Balaban J connectivity index is 2.16. The number of aliphatic carboxylic acids is 1. The van der Waals surface area contributed by atoms with E-state index >= 15 is 0 Å². The van der Waals surface area contributed by atoms with E-state index < -0.39 is 98.8 Å². The number of carboxylic acid groups (broad SMARTS) is 1. The second kappa shape index (κ2) is 18.4. The lowest BCUT2D eigenvalue weighted by molar-refractivity contribution is -0.141. The molecule has 270 valence electrons. The zero-order valence-electron chi connectivity index (χ0n) is 26.2. The molecule has 22 heteroatoms. The number of carboxylic acids is 1. The number of hydrogen-bond acceptors (Lipinski definition) is 11. The van der Waals surface area contributed by atoms with Crippen molar-refractivity contribution < 1.29 is 62.3 Å². The molecule has 1 heterocycles. The molecule has 12 N–H and O–H groups in total. The number of nitrogens with two attached hydrogens (primary N) is 2. The summed E-state index contributed by atoms with van der Waals surface area (Å²) >= 11 is 0. The van der Waals surface area contributed by atoms with Crippen molar-refractivity contribution in [1.29, 1.82) is 0 Å². The van der Waals surface area contributed by atoms with Crippen LogP contribution in [-0.2, 0) is 49.3 Å². The zero-order valence-corrected chi connectivity index (χ0v) is 27.1. The third kappa shape index (κ3) is 13.9. The number of carbonyl (C=O) groups is 8. The van der Waals surface area contributed by atoms with Gasteiger partial charge in [0, 0.05) is 13.0 Å². The Labute approximate surface area is 279 Å². The van der Waals surface area contributed by atoms with Crippen LogP contribution in [0.25, 0.3) is 0 Å². The second-order valence-electron chi connectivity index (χ2n) is 10.8. The van der Waals surface area contributed by atoms with Crippen LogP contribution in [0, 0.1) is 0 Å². The topological polar surface area (TPSA) is 339 Å². The average molecular weight is 715 g/mol. The standard InChI is InChI=1S/C27H39N8O13P/c1-14(27(43)44)32-21(37)12-30-24(40)17(9-15-4-6-16(7-5-15)48-49(45,46)47)34-25(41)18(10-20(29)36)33-22(38)13-31-26(42)19-3-2-8-35(19)23(39)11-28/h4-7,14,17-19H,2-3,8-13,28H2,1H3,(H2,29,36)(H,30,40)(H,31,42)(H,32,37)(H,33,38)(H,34,41)(H,43,44)(H2,45,46,47)/t14-,17-,18-,19-/m0/s1. The molecule has 1 saturated heterocycles. The van der Waals surface area contributed by atoms with E-state index in [1.807, 2.05) is 0 Å². The summed E-state index contributed by atoms with van der Waals surface area (Å²) in [6.45, 7) is -0.155. The summed E-state index contributed by atoms with van der Waals surface area (Å²) in [5, 5.41) is 20.3. The van der Waals surface area contributed by atoms with Crippen molar-refractivity contribution in [3.8, 4) is 5.75 Å². The lowest BCUT2D eigenvalue weighted by atomic mass is 10.0. The largest absolute Gasteiger partial charge is 0.524 e. The van der Waals surface area contributed by atoms with Crippen LogP contribution in [0.15, 0.2) is 24.3 Å². The van der Waals surface area contributed by atoms with Crippen LogP contribution in [0.2, 0.25) is 0 Å². The molecule has 0 spiro atoms. The molecule has 0 bridgehead atoms. The summed E-state index contributed by atoms with van der Waals surface area (Å²) in [7, 11) is -4.87. The van der Waals surface area contributed by atoms with Crippen molar-refractivity contribution in [2.24, 2.45) is 11.5 Å². The van der Waals surface area contributed by atoms with E-state index in [0.717, 1.165) is 0 Å². The van der Waals surface area contributed by atoms with Crippen LogP contribution in [-0.4, -0.2) is 117 Å². The minimum absolute atomic E-state index is 0.214.